The fraction of sp³-hybridized carbons (Fsp3) is 0.786. The van der Waals surface area contributed by atoms with Crippen LogP contribution in [-0.4, -0.2) is 18.1 Å². The Bertz CT molecular complexity index is 294. The van der Waals surface area contributed by atoms with Crippen molar-refractivity contribution in [3.05, 3.63) is 17.8 Å². The highest BCUT2D eigenvalue weighted by molar-refractivity contribution is 4.94. The van der Waals surface area contributed by atoms with E-state index in [2.05, 4.69) is 31.1 Å². The first-order valence-electron chi connectivity index (χ1n) is 6.86. The third-order valence-electron chi connectivity index (χ3n) is 2.74. The summed E-state index contributed by atoms with van der Waals surface area (Å²) in [4.78, 5) is 4.32. The molecule has 0 saturated heterocycles. The zero-order valence-electron chi connectivity index (χ0n) is 11.5. The van der Waals surface area contributed by atoms with Crippen molar-refractivity contribution >= 4 is 0 Å². The van der Waals surface area contributed by atoms with Gasteiger partial charge in [-0.25, -0.2) is 4.98 Å². The normalized spacial score (nSPS) is 11.3. The van der Waals surface area contributed by atoms with Crippen LogP contribution in [0.4, 0.5) is 0 Å². The molecule has 3 heteroatoms. The smallest absolute Gasteiger partial charge is 0.194 e. The second kappa shape index (κ2) is 8.29. The van der Waals surface area contributed by atoms with Gasteiger partial charge in [-0.15, -0.1) is 0 Å². The summed E-state index contributed by atoms with van der Waals surface area (Å²) in [5, 5.41) is 3.38. The largest absolute Gasteiger partial charge is 0.446 e. The highest BCUT2D eigenvalue weighted by Crippen LogP contribution is 2.11. The molecule has 0 spiro atoms. The van der Waals surface area contributed by atoms with Crippen LogP contribution in [0, 0.1) is 5.92 Å². The number of nitrogens with one attached hydrogen (secondary N) is 1. The second-order valence-electron chi connectivity index (χ2n) is 5.01. The molecule has 0 saturated carbocycles. The van der Waals surface area contributed by atoms with Gasteiger partial charge in [-0.3, -0.25) is 0 Å². The Morgan fingerprint density at radius 3 is 2.82 bits per heavy atom. The first kappa shape index (κ1) is 14.2. The van der Waals surface area contributed by atoms with Crippen molar-refractivity contribution in [1.29, 1.82) is 0 Å². The van der Waals surface area contributed by atoms with E-state index in [1.807, 2.05) is 6.20 Å². The van der Waals surface area contributed by atoms with E-state index in [9.17, 15) is 0 Å². The molecule has 0 unspecified atom stereocenters. The third-order valence-corrected chi connectivity index (χ3v) is 2.74. The molecule has 1 aromatic rings. The Labute approximate surface area is 105 Å². The summed E-state index contributed by atoms with van der Waals surface area (Å²) >= 11 is 0. The van der Waals surface area contributed by atoms with Crippen LogP contribution in [-0.2, 0) is 12.8 Å². The number of rotatable bonds is 9. The van der Waals surface area contributed by atoms with Gasteiger partial charge in [-0.1, -0.05) is 20.8 Å². The van der Waals surface area contributed by atoms with Gasteiger partial charge in [0.25, 0.3) is 0 Å². The molecule has 98 valence electrons. The van der Waals surface area contributed by atoms with Crippen molar-refractivity contribution in [2.45, 2.75) is 52.9 Å². The SMILES string of the molecule is CCCNCCCc1ncc(CCC(C)C)o1. The zero-order chi connectivity index (χ0) is 12.5. The Kier molecular flexibility index (Phi) is 6.94. The van der Waals surface area contributed by atoms with Crippen LogP contribution in [0.1, 0.15) is 51.7 Å². The van der Waals surface area contributed by atoms with Gasteiger partial charge in [0.15, 0.2) is 5.89 Å². The molecule has 0 aliphatic heterocycles. The Morgan fingerprint density at radius 2 is 2.12 bits per heavy atom. The molecule has 0 aliphatic carbocycles. The predicted octanol–water partition coefficient (Wildman–Crippen LogP) is 3.20. The molecule has 1 N–H and O–H groups in total. The van der Waals surface area contributed by atoms with Gasteiger partial charge in [-0.05, 0) is 38.3 Å². The van der Waals surface area contributed by atoms with Gasteiger partial charge in [0.2, 0.25) is 0 Å². The van der Waals surface area contributed by atoms with Crippen LogP contribution in [0.2, 0.25) is 0 Å². The Morgan fingerprint density at radius 1 is 1.29 bits per heavy atom. The van der Waals surface area contributed by atoms with E-state index in [1.54, 1.807) is 0 Å². The fourth-order valence-corrected chi connectivity index (χ4v) is 1.68. The lowest BCUT2D eigenvalue weighted by molar-refractivity contribution is 0.430. The molecule has 0 bridgehead atoms. The summed E-state index contributed by atoms with van der Waals surface area (Å²) in [7, 11) is 0. The molecule has 1 heterocycles. The van der Waals surface area contributed by atoms with Gasteiger partial charge in [0, 0.05) is 12.8 Å². The zero-order valence-corrected chi connectivity index (χ0v) is 11.5. The standard InChI is InChI=1S/C14H26N2O/c1-4-9-15-10-5-6-14-16-11-13(17-14)8-7-12(2)3/h11-12,15H,4-10H2,1-3H3. The van der Waals surface area contributed by atoms with E-state index >= 15 is 0 Å². The molecule has 1 aromatic heterocycles. The maximum absolute atomic E-state index is 5.70. The summed E-state index contributed by atoms with van der Waals surface area (Å²) in [6.07, 6.45) is 7.31. The highest BCUT2D eigenvalue weighted by Gasteiger charge is 2.04. The van der Waals surface area contributed by atoms with Crippen molar-refractivity contribution in [2.24, 2.45) is 5.92 Å². The number of aromatic nitrogens is 1. The summed E-state index contributed by atoms with van der Waals surface area (Å²) in [6, 6.07) is 0. The van der Waals surface area contributed by atoms with Crippen molar-refractivity contribution < 1.29 is 4.42 Å². The van der Waals surface area contributed by atoms with E-state index in [1.165, 1.54) is 12.8 Å². The highest BCUT2D eigenvalue weighted by atomic mass is 16.4. The van der Waals surface area contributed by atoms with Crippen LogP contribution in [0.15, 0.2) is 10.6 Å². The summed E-state index contributed by atoms with van der Waals surface area (Å²) in [5.41, 5.74) is 0. The molecule has 17 heavy (non-hydrogen) atoms. The molecule has 1 rings (SSSR count). The molecule has 0 aromatic carbocycles. The number of hydrogen-bond donors (Lipinski definition) is 1. The van der Waals surface area contributed by atoms with Gasteiger partial charge in [0.1, 0.15) is 5.76 Å². The summed E-state index contributed by atoms with van der Waals surface area (Å²) in [6.45, 7) is 8.80. The lowest BCUT2D eigenvalue weighted by atomic mass is 10.1. The Balaban J connectivity index is 2.17. The molecule has 0 radical (unpaired) electrons. The summed E-state index contributed by atoms with van der Waals surface area (Å²) < 4.78 is 5.70. The molecular formula is C14H26N2O. The van der Waals surface area contributed by atoms with Crippen LogP contribution >= 0.6 is 0 Å². The first-order chi connectivity index (χ1) is 8.22. The molecule has 0 fully saturated rings. The monoisotopic (exact) mass is 238 g/mol. The van der Waals surface area contributed by atoms with E-state index < -0.39 is 0 Å². The molecular weight excluding hydrogens is 212 g/mol. The quantitative estimate of drug-likeness (QED) is 0.671. The third kappa shape index (κ3) is 6.47. The van der Waals surface area contributed by atoms with Crippen LogP contribution in [0.5, 0.6) is 0 Å². The number of nitrogens with zero attached hydrogens (tertiary/aromatic N) is 1. The maximum Gasteiger partial charge on any atom is 0.194 e. The number of hydrogen-bond acceptors (Lipinski definition) is 3. The predicted molar refractivity (Wildman–Crippen MR) is 71.1 cm³/mol. The van der Waals surface area contributed by atoms with Crippen molar-refractivity contribution in [2.75, 3.05) is 13.1 Å². The van der Waals surface area contributed by atoms with Crippen LogP contribution < -0.4 is 5.32 Å². The molecule has 0 atom stereocenters. The van der Waals surface area contributed by atoms with E-state index in [4.69, 9.17) is 4.42 Å². The topological polar surface area (TPSA) is 38.1 Å². The van der Waals surface area contributed by atoms with Gasteiger partial charge in [0.05, 0.1) is 6.20 Å². The minimum Gasteiger partial charge on any atom is -0.446 e. The Hall–Kier alpha value is -0.830. The minimum atomic E-state index is 0.724. The lowest BCUT2D eigenvalue weighted by Crippen LogP contribution is -2.16. The molecule has 0 aliphatic rings. The van der Waals surface area contributed by atoms with Crippen molar-refractivity contribution in [1.82, 2.24) is 10.3 Å². The van der Waals surface area contributed by atoms with Crippen molar-refractivity contribution in [3.8, 4) is 0 Å². The average molecular weight is 238 g/mol. The average Bonchev–Trinajstić information content (AvgIpc) is 2.74. The second-order valence-corrected chi connectivity index (χ2v) is 5.01. The van der Waals surface area contributed by atoms with Gasteiger partial charge in [-0.2, -0.15) is 0 Å². The van der Waals surface area contributed by atoms with Crippen LogP contribution in [0.3, 0.4) is 0 Å². The lowest BCUT2D eigenvalue weighted by Gasteiger charge is -2.01. The van der Waals surface area contributed by atoms with Gasteiger partial charge >= 0.3 is 0 Å². The maximum atomic E-state index is 5.70. The van der Waals surface area contributed by atoms with Crippen LogP contribution in [0.25, 0.3) is 0 Å². The fourth-order valence-electron chi connectivity index (χ4n) is 1.68. The molecule has 3 nitrogen and oxygen atoms in total. The first-order valence-corrected chi connectivity index (χ1v) is 6.86. The summed E-state index contributed by atoms with van der Waals surface area (Å²) in [5.74, 6) is 2.65. The van der Waals surface area contributed by atoms with E-state index in [0.29, 0.717) is 0 Å². The number of oxazole rings is 1. The van der Waals surface area contributed by atoms with Crippen molar-refractivity contribution in [3.63, 3.8) is 0 Å². The van der Waals surface area contributed by atoms with Gasteiger partial charge < -0.3 is 9.73 Å². The number of aryl methyl sites for hydroxylation is 2. The molecule has 0 amide bonds. The van der Waals surface area contributed by atoms with E-state index in [0.717, 1.165) is 49.9 Å². The minimum absolute atomic E-state index is 0.724. The van der Waals surface area contributed by atoms with E-state index in [-0.39, 0.29) is 0 Å².